The summed E-state index contributed by atoms with van der Waals surface area (Å²) < 4.78 is 28.6. The number of carbonyl (C=O) groups is 1. The van der Waals surface area contributed by atoms with E-state index in [1.807, 2.05) is 0 Å². The second kappa shape index (κ2) is 7.72. The molecular formula is C16H15ClN6O3S. The van der Waals surface area contributed by atoms with Crippen molar-refractivity contribution in [3.05, 3.63) is 60.4 Å². The number of hydrogen-bond acceptors (Lipinski definition) is 6. The van der Waals surface area contributed by atoms with E-state index in [1.54, 1.807) is 19.1 Å². The van der Waals surface area contributed by atoms with Crippen LogP contribution in [0.4, 0.5) is 11.4 Å². The largest absolute Gasteiger partial charge is 0.324 e. The Morgan fingerprint density at radius 3 is 2.52 bits per heavy atom. The second-order valence-corrected chi connectivity index (χ2v) is 7.52. The smallest absolute Gasteiger partial charge is 0.264 e. The molecule has 0 radical (unpaired) electrons. The standard InChI is InChI=1S/C16H15ClN6O3S/c1-11(23-10-18-9-20-23)16(24)21-12-4-6-13(7-5-12)22-27(25,26)14-3-2-8-19-15(14)17/h2-11,22H,1H3,(H,21,24). The highest BCUT2D eigenvalue weighted by Gasteiger charge is 2.19. The van der Waals surface area contributed by atoms with Gasteiger partial charge in [-0.2, -0.15) is 5.10 Å². The van der Waals surface area contributed by atoms with Crippen LogP contribution in [-0.2, 0) is 14.8 Å². The topological polar surface area (TPSA) is 119 Å². The number of aromatic nitrogens is 4. The first-order chi connectivity index (χ1) is 12.9. The SMILES string of the molecule is CC(C(=O)Nc1ccc(NS(=O)(=O)c2cccnc2Cl)cc1)n1cncn1. The van der Waals surface area contributed by atoms with Crippen molar-refractivity contribution in [3.63, 3.8) is 0 Å². The predicted octanol–water partition coefficient (Wildman–Crippen LogP) is 2.33. The normalized spacial score (nSPS) is 12.4. The molecule has 1 aromatic carbocycles. The third kappa shape index (κ3) is 4.41. The number of anilines is 2. The first kappa shape index (κ1) is 18.8. The third-order valence-corrected chi connectivity index (χ3v) is 5.46. The van der Waals surface area contributed by atoms with Crippen LogP contribution in [0.2, 0.25) is 5.15 Å². The van der Waals surface area contributed by atoms with Crippen molar-refractivity contribution in [2.75, 3.05) is 10.0 Å². The Morgan fingerprint density at radius 1 is 1.19 bits per heavy atom. The van der Waals surface area contributed by atoms with E-state index < -0.39 is 16.1 Å². The van der Waals surface area contributed by atoms with Gasteiger partial charge in [0, 0.05) is 17.6 Å². The molecule has 1 amide bonds. The Morgan fingerprint density at radius 2 is 1.89 bits per heavy atom. The van der Waals surface area contributed by atoms with Gasteiger partial charge in [-0.05, 0) is 43.3 Å². The summed E-state index contributed by atoms with van der Waals surface area (Å²) in [7, 11) is -3.87. The summed E-state index contributed by atoms with van der Waals surface area (Å²) in [6, 6.07) is 8.50. The second-order valence-electron chi connectivity index (χ2n) is 5.52. The van der Waals surface area contributed by atoms with Crippen LogP contribution >= 0.6 is 11.6 Å². The number of sulfonamides is 1. The van der Waals surface area contributed by atoms with Gasteiger partial charge in [0.25, 0.3) is 10.0 Å². The average molecular weight is 407 g/mol. The molecule has 1 unspecified atom stereocenters. The molecule has 0 spiro atoms. The molecule has 3 aromatic rings. The number of halogens is 1. The van der Waals surface area contributed by atoms with Gasteiger partial charge in [0.1, 0.15) is 28.7 Å². The Balaban J connectivity index is 1.69. The summed E-state index contributed by atoms with van der Waals surface area (Å²) in [5, 5.41) is 6.53. The van der Waals surface area contributed by atoms with E-state index in [1.165, 1.54) is 47.8 Å². The Bertz CT molecular complexity index is 1040. The van der Waals surface area contributed by atoms with Crippen molar-refractivity contribution in [1.82, 2.24) is 19.7 Å². The van der Waals surface area contributed by atoms with E-state index in [-0.39, 0.29) is 16.0 Å². The Hall–Kier alpha value is -2.98. The van der Waals surface area contributed by atoms with Crippen LogP contribution in [0.5, 0.6) is 0 Å². The molecule has 9 nitrogen and oxygen atoms in total. The quantitative estimate of drug-likeness (QED) is 0.606. The lowest BCUT2D eigenvalue weighted by Gasteiger charge is -2.13. The van der Waals surface area contributed by atoms with Crippen LogP contribution in [0.15, 0.2) is 60.1 Å². The number of hydrogen-bond donors (Lipinski definition) is 2. The molecule has 1 atom stereocenters. The van der Waals surface area contributed by atoms with Gasteiger partial charge in [0.15, 0.2) is 0 Å². The molecule has 0 saturated carbocycles. The molecule has 0 saturated heterocycles. The minimum atomic E-state index is -3.87. The molecule has 0 aliphatic rings. The molecule has 2 N–H and O–H groups in total. The minimum Gasteiger partial charge on any atom is -0.324 e. The zero-order chi connectivity index (χ0) is 19.4. The highest BCUT2D eigenvalue weighted by atomic mass is 35.5. The van der Waals surface area contributed by atoms with E-state index >= 15 is 0 Å². The first-order valence-corrected chi connectivity index (χ1v) is 9.61. The van der Waals surface area contributed by atoms with Gasteiger partial charge in [-0.15, -0.1) is 0 Å². The summed E-state index contributed by atoms with van der Waals surface area (Å²) >= 11 is 5.84. The molecule has 2 heterocycles. The lowest BCUT2D eigenvalue weighted by atomic mass is 10.2. The molecule has 0 bridgehead atoms. The fraction of sp³-hybridized carbons (Fsp3) is 0.125. The highest BCUT2D eigenvalue weighted by Crippen LogP contribution is 2.22. The van der Waals surface area contributed by atoms with Crippen molar-refractivity contribution in [1.29, 1.82) is 0 Å². The van der Waals surface area contributed by atoms with Crippen LogP contribution in [0.25, 0.3) is 0 Å². The van der Waals surface area contributed by atoms with Gasteiger partial charge in [-0.3, -0.25) is 9.52 Å². The van der Waals surface area contributed by atoms with Crippen LogP contribution in [0, 0.1) is 0 Å². The van der Waals surface area contributed by atoms with Crippen molar-refractivity contribution in [2.45, 2.75) is 17.9 Å². The zero-order valence-corrected chi connectivity index (χ0v) is 15.6. The summed E-state index contributed by atoms with van der Waals surface area (Å²) in [6.07, 6.45) is 4.20. The van der Waals surface area contributed by atoms with Crippen LogP contribution in [0.1, 0.15) is 13.0 Å². The van der Waals surface area contributed by atoms with Crippen LogP contribution < -0.4 is 10.0 Å². The monoisotopic (exact) mass is 406 g/mol. The Kier molecular flexibility index (Phi) is 5.38. The predicted molar refractivity (Wildman–Crippen MR) is 99.9 cm³/mol. The number of amides is 1. The summed E-state index contributed by atoms with van der Waals surface area (Å²) in [6.45, 7) is 1.68. The maximum absolute atomic E-state index is 12.4. The zero-order valence-electron chi connectivity index (χ0n) is 14.1. The van der Waals surface area contributed by atoms with Crippen molar-refractivity contribution in [2.24, 2.45) is 0 Å². The van der Waals surface area contributed by atoms with Gasteiger partial charge >= 0.3 is 0 Å². The van der Waals surface area contributed by atoms with E-state index in [2.05, 4.69) is 25.1 Å². The molecule has 0 fully saturated rings. The average Bonchev–Trinajstić information content (AvgIpc) is 3.17. The Labute approximate surface area is 160 Å². The summed E-state index contributed by atoms with van der Waals surface area (Å²) in [5.74, 6) is -0.282. The lowest BCUT2D eigenvalue weighted by molar-refractivity contribution is -0.119. The van der Waals surface area contributed by atoms with E-state index in [9.17, 15) is 13.2 Å². The van der Waals surface area contributed by atoms with E-state index in [4.69, 9.17) is 11.6 Å². The third-order valence-electron chi connectivity index (χ3n) is 3.63. The fourth-order valence-corrected chi connectivity index (χ4v) is 3.70. The van der Waals surface area contributed by atoms with E-state index in [0.29, 0.717) is 11.4 Å². The first-order valence-electron chi connectivity index (χ1n) is 7.75. The lowest BCUT2D eigenvalue weighted by Crippen LogP contribution is -2.24. The van der Waals surface area contributed by atoms with Crippen molar-refractivity contribution >= 4 is 38.9 Å². The van der Waals surface area contributed by atoms with Gasteiger partial charge < -0.3 is 5.32 Å². The van der Waals surface area contributed by atoms with Gasteiger partial charge in [-0.25, -0.2) is 23.1 Å². The van der Waals surface area contributed by atoms with Gasteiger partial charge in [0.2, 0.25) is 5.91 Å². The van der Waals surface area contributed by atoms with E-state index in [0.717, 1.165) is 0 Å². The number of carbonyl (C=O) groups excluding carboxylic acids is 1. The molecule has 3 rings (SSSR count). The minimum absolute atomic E-state index is 0.115. The number of nitrogens with zero attached hydrogens (tertiary/aromatic N) is 4. The number of pyridine rings is 1. The van der Waals surface area contributed by atoms with Gasteiger partial charge in [0.05, 0.1) is 0 Å². The molecule has 140 valence electrons. The molecule has 2 aromatic heterocycles. The molecule has 0 aliphatic carbocycles. The van der Waals surface area contributed by atoms with Gasteiger partial charge in [-0.1, -0.05) is 11.6 Å². The van der Waals surface area contributed by atoms with Crippen LogP contribution in [0.3, 0.4) is 0 Å². The molecular weight excluding hydrogens is 392 g/mol. The number of rotatable bonds is 6. The maximum Gasteiger partial charge on any atom is 0.264 e. The number of nitrogens with one attached hydrogen (secondary N) is 2. The summed E-state index contributed by atoms with van der Waals surface area (Å²) in [4.78, 5) is 19.7. The summed E-state index contributed by atoms with van der Waals surface area (Å²) in [5.41, 5.74) is 0.826. The van der Waals surface area contributed by atoms with Crippen LogP contribution in [-0.4, -0.2) is 34.1 Å². The molecule has 27 heavy (non-hydrogen) atoms. The number of benzene rings is 1. The maximum atomic E-state index is 12.4. The molecule has 0 aliphatic heterocycles. The molecule has 11 heteroatoms. The van der Waals surface area contributed by atoms with Crippen molar-refractivity contribution < 1.29 is 13.2 Å². The fourth-order valence-electron chi connectivity index (χ4n) is 2.19. The highest BCUT2D eigenvalue weighted by molar-refractivity contribution is 7.92. The van der Waals surface area contributed by atoms with Crippen molar-refractivity contribution in [3.8, 4) is 0 Å².